The lowest BCUT2D eigenvalue weighted by atomic mass is 10.1. The molecule has 3 aromatic rings. The van der Waals surface area contributed by atoms with Gasteiger partial charge in [-0.3, -0.25) is 5.32 Å². The third-order valence-electron chi connectivity index (χ3n) is 3.86. The Labute approximate surface area is 150 Å². The van der Waals surface area contributed by atoms with E-state index >= 15 is 0 Å². The van der Waals surface area contributed by atoms with Crippen LogP contribution in [0, 0.1) is 6.92 Å². The smallest absolute Gasteiger partial charge is 0.323 e. The van der Waals surface area contributed by atoms with Crippen LogP contribution in [0.25, 0.3) is 0 Å². The first-order valence-electron chi connectivity index (χ1n) is 7.65. The number of rotatable bonds is 4. The number of aryl methyl sites for hydroxylation is 2. The number of halogens is 1. The van der Waals surface area contributed by atoms with Crippen LogP contribution in [0.4, 0.5) is 10.6 Å². The number of carbonyl (C=O) groups is 1. The molecule has 2 amide bonds. The van der Waals surface area contributed by atoms with E-state index in [1.165, 1.54) is 0 Å². The molecule has 0 bridgehead atoms. The van der Waals surface area contributed by atoms with E-state index in [1.54, 1.807) is 43.3 Å². The summed E-state index contributed by atoms with van der Waals surface area (Å²) in [6.45, 7) is 1.76. The van der Waals surface area contributed by atoms with E-state index in [-0.39, 0.29) is 12.1 Å². The summed E-state index contributed by atoms with van der Waals surface area (Å²) in [6, 6.07) is 8.29. The molecule has 0 aliphatic carbocycles. The molecular formula is C17H18ClN5O2. The van der Waals surface area contributed by atoms with Gasteiger partial charge < -0.3 is 14.0 Å². The summed E-state index contributed by atoms with van der Waals surface area (Å²) in [4.78, 5) is 18.6. The molecule has 0 saturated carbocycles. The van der Waals surface area contributed by atoms with Gasteiger partial charge in [-0.25, -0.2) is 9.78 Å². The van der Waals surface area contributed by atoms with Gasteiger partial charge in [0.2, 0.25) is 0 Å². The van der Waals surface area contributed by atoms with Gasteiger partial charge in [0, 0.05) is 37.6 Å². The molecule has 2 aromatic heterocycles. The van der Waals surface area contributed by atoms with E-state index in [0.717, 1.165) is 11.4 Å². The minimum atomic E-state index is -0.384. The number of carbonyl (C=O) groups excluding carboxylic acids is 1. The van der Waals surface area contributed by atoms with Gasteiger partial charge in [0.1, 0.15) is 17.6 Å². The molecule has 0 fully saturated rings. The number of nitrogens with one attached hydrogen (secondary N) is 1. The summed E-state index contributed by atoms with van der Waals surface area (Å²) >= 11 is 5.99. The number of hydrogen-bond acceptors (Lipinski definition) is 4. The number of imidazole rings is 1. The van der Waals surface area contributed by atoms with E-state index in [0.29, 0.717) is 16.6 Å². The van der Waals surface area contributed by atoms with Crippen molar-refractivity contribution in [2.75, 3.05) is 12.4 Å². The average molecular weight is 360 g/mol. The maximum Gasteiger partial charge on any atom is 0.323 e. The third-order valence-corrected chi connectivity index (χ3v) is 4.11. The zero-order valence-corrected chi connectivity index (χ0v) is 14.9. The number of urea groups is 1. The van der Waals surface area contributed by atoms with Crippen molar-refractivity contribution in [2.45, 2.75) is 13.0 Å². The molecule has 2 heterocycles. The molecule has 0 aliphatic heterocycles. The van der Waals surface area contributed by atoms with Crippen LogP contribution >= 0.6 is 11.6 Å². The highest BCUT2D eigenvalue weighted by molar-refractivity contribution is 6.30. The Bertz CT molecular complexity index is 871. The Balaban J connectivity index is 1.92. The van der Waals surface area contributed by atoms with Gasteiger partial charge in [-0.15, -0.1) is 0 Å². The molecule has 25 heavy (non-hydrogen) atoms. The van der Waals surface area contributed by atoms with Crippen molar-refractivity contribution in [3.8, 4) is 0 Å². The lowest BCUT2D eigenvalue weighted by molar-refractivity contribution is 0.209. The van der Waals surface area contributed by atoms with E-state index in [4.69, 9.17) is 16.1 Å². The molecular weight excluding hydrogens is 342 g/mol. The first-order chi connectivity index (χ1) is 12.0. The number of aromatic nitrogens is 3. The van der Waals surface area contributed by atoms with E-state index in [9.17, 15) is 4.79 Å². The van der Waals surface area contributed by atoms with Crippen LogP contribution in [-0.2, 0) is 7.05 Å². The van der Waals surface area contributed by atoms with E-state index < -0.39 is 0 Å². The van der Waals surface area contributed by atoms with Gasteiger partial charge in [0.05, 0.1) is 0 Å². The molecule has 1 N–H and O–H groups in total. The molecule has 130 valence electrons. The largest absolute Gasteiger partial charge is 0.360 e. The zero-order valence-electron chi connectivity index (χ0n) is 14.1. The normalized spacial score (nSPS) is 12.0. The highest BCUT2D eigenvalue weighted by atomic mass is 35.5. The number of anilines is 1. The van der Waals surface area contributed by atoms with Gasteiger partial charge >= 0.3 is 6.03 Å². The average Bonchev–Trinajstić information content (AvgIpc) is 3.18. The van der Waals surface area contributed by atoms with Crippen LogP contribution in [0.5, 0.6) is 0 Å². The Morgan fingerprint density at radius 3 is 2.64 bits per heavy atom. The zero-order chi connectivity index (χ0) is 18.0. The molecule has 1 aromatic carbocycles. The highest BCUT2D eigenvalue weighted by Gasteiger charge is 2.27. The summed E-state index contributed by atoms with van der Waals surface area (Å²) in [5.41, 5.74) is 0.896. The second kappa shape index (κ2) is 6.98. The first-order valence-corrected chi connectivity index (χ1v) is 8.03. The monoisotopic (exact) mass is 359 g/mol. The van der Waals surface area contributed by atoms with Gasteiger partial charge in [0.25, 0.3) is 0 Å². The van der Waals surface area contributed by atoms with Crippen LogP contribution in [0.3, 0.4) is 0 Å². The molecule has 8 heteroatoms. The summed E-state index contributed by atoms with van der Waals surface area (Å²) in [7, 11) is 3.59. The van der Waals surface area contributed by atoms with Crippen molar-refractivity contribution >= 4 is 23.4 Å². The van der Waals surface area contributed by atoms with Crippen LogP contribution in [-0.4, -0.2) is 32.7 Å². The molecule has 1 unspecified atom stereocenters. The third kappa shape index (κ3) is 3.66. The number of benzene rings is 1. The van der Waals surface area contributed by atoms with Crippen LogP contribution < -0.4 is 5.32 Å². The van der Waals surface area contributed by atoms with Gasteiger partial charge in [-0.2, -0.15) is 0 Å². The summed E-state index contributed by atoms with van der Waals surface area (Å²) in [5, 5.41) is 7.15. The Morgan fingerprint density at radius 2 is 2.08 bits per heavy atom. The van der Waals surface area contributed by atoms with Gasteiger partial charge in [-0.05, 0) is 24.6 Å². The number of hydrogen-bond donors (Lipinski definition) is 1. The quantitative estimate of drug-likeness (QED) is 0.771. The molecule has 0 aliphatic rings. The highest BCUT2D eigenvalue weighted by Crippen LogP contribution is 2.28. The van der Waals surface area contributed by atoms with Crippen molar-refractivity contribution < 1.29 is 9.32 Å². The fraction of sp³-hybridized carbons (Fsp3) is 0.235. The topological polar surface area (TPSA) is 76.2 Å². The van der Waals surface area contributed by atoms with Crippen molar-refractivity contribution in [3.63, 3.8) is 0 Å². The summed E-state index contributed by atoms with van der Waals surface area (Å²) in [6.07, 6.45) is 3.54. The maximum absolute atomic E-state index is 12.7. The minimum absolute atomic E-state index is 0.323. The second-order valence-corrected chi connectivity index (χ2v) is 6.15. The van der Waals surface area contributed by atoms with Gasteiger partial charge in [-0.1, -0.05) is 28.9 Å². The Hall–Kier alpha value is -2.80. The fourth-order valence-corrected chi connectivity index (χ4v) is 2.70. The predicted molar refractivity (Wildman–Crippen MR) is 94.5 cm³/mol. The SMILES string of the molecule is Cc1cc(NC(=O)N(C)C(c2ccc(Cl)cc2)c2nccn2C)no1. The lowest BCUT2D eigenvalue weighted by Crippen LogP contribution is -2.36. The van der Waals surface area contributed by atoms with Crippen molar-refractivity contribution in [1.82, 2.24) is 19.6 Å². The predicted octanol–water partition coefficient (Wildman–Crippen LogP) is 3.62. The molecule has 0 radical (unpaired) electrons. The van der Waals surface area contributed by atoms with Crippen LogP contribution in [0.1, 0.15) is 23.2 Å². The Kier molecular flexibility index (Phi) is 4.76. The second-order valence-electron chi connectivity index (χ2n) is 5.71. The van der Waals surface area contributed by atoms with Crippen LogP contribution in [0.15, 0.2) is 47.2 Å². The molecule has 7 nitrogen and oxygen atoms in total. The van der Waals surface area contributed by atoms with Crippen molar-refractivity contribution in [1.29, 1.82) is 0 Å². The maximum atomic E-state index is 12.7. The lowest BCUT2D eigenvalue weighted by Gasteiger charge is -2.28. The van der Waals surface area contributed by atoms with Crippen LogP contribution in [0.2, 0.25) is 5.02 Å². The summed E-state index contributed by atoms with van der Waals surface area (Å²) in [5.74, 6) is 1.72. The first kappa shape index (κ1) is 17.0. The Morgan fingerprint density at radius 1 is 1.36 bits per heavy atom. The molecule has 0 saturated heterocycles. The van der Waals surface area contributed by atoms with Crippen molar-refractivity contribution in [2.24, 2.45) is 7.05 Å². The number of nitrogens with zero attached hydrogens (tertiary/aromatic N) is 4. The minimum Gasteiger partial charge on any atom is -0.360 e. The fourth-order valence-electron chi connectivity index (χ4n) is 2.57. The van der Waals surface area contributed by atoms with Gasteiger partial charge in [0.15, 0.2) is 5.82 Å². The molecule has 1 atom stereocenters. The standard InChI is InChI=1S/C17H18ClN5O2/c1-11-10-14(21-25-11)20-17(24)23(3)15(16-19-8-9-22(16)2)12-4-6-13(18)7-5-12/h4-10,15H,1-3H3,(H,20,21,24). The van der Waals surface area contributed by atoms with E-state index in [1.807, 2.05) is 29.9 Å². The molecule has 0 spiro atoms. The molecule has 3 rings (SSSR count). The van der Waals surface area contributed by atoms with E-state index in [2.05, 4.69) is 15.5 Å². The number of amides is 2. The summed E-state index contributed by atoms with van der Waals surface area (Å²) < 4.78 is 6.86. The van der Waals surface area contributed by atoms with Crippen molar-refractivity contribution in [3.05, 3.63) is 64.9 Å².